The number of carbonyl (C=O) groups is 3. The van der Waals surface area contributed by atoms with Gasteiger partial charge in [0.05, 0.1) is 55.0 Å². The molecule has 0 aromatic heterocycles. The topological polar surface area (TPSA) is 158 Å². The quantitative estimate of drug-likeness (QED) is 0.189. The Morgan fingerprint density at radius 1 is 1.02 bits per heavy atom. The molecule has 1 aromatic rings. The maximum absolute atomic E-state index is 14.3. The first kappa shape index (κ1) is 44.9. The van der Waals surface area contributed by atoms with Gasteiger partial charge in [0, 0.05) is 58.7 Å². The second-order valence-electron chi connectivity index (χ2n) is 15.6. The van der Waals surface area contributed by atoms with Crippen LogP contribution in [0.3, 0.4) is 0 Å². The van der Waals surface area contributed by atoms with Crippen molar-refractivity contribution in [2.24, 2.45) is 29.4 Å². The number of hydrogen-bond donors (Lipinski definition) is 2. The Kier molecular flexibility index (Phi) is 18.0. The van der Waals surface area contributed by atoms with Gasteiger partial charge in [-0.2, -0.15) is 5.26 Å². The second kappa shape index (κ2) is 20.9. The highest BCUT2D eigenvalue weighted by Gasteiger charge is 2.44. The molecular weight excluding hydrogens is 658 g/mol. The summed E-state index contributed by atoms with van der Waals surface area (Å²) >= 11 is 0. The molecule has 1 aliphatic rings. The van der Waals surface area contributed by atoms with E-state index in [1.807, 2.05) is 76.8 Å². The Bertz CT molecular complexity index is 1340. The fourth-order valence-electron chi connectivity index (χ4n) is 8.02. The number of rotatable bonds is 20. The van der Waals surface area contributed by atoms with E-state index in [2.05, 4.69) is 19.9 Å². The summed E-state index contributed by atoms with van der Waals surface area (Å²) in [4.78, 5) is 49.8. The molecule has 4 N–H and O–H groups in total. The van der Waals surface area contributed by atoms with Crippen LogP contribution in [-0.2, 0) is 30.3 Å². The van der Waals surface area contributed by atoms with Crippen LogP contribution in [0.5, 0.6) is 0 Å². The van der Waals surface area contributed by atoms with Crippen LogP contribution in [-0.4, -0.2) is 129 Å². The van der Waals surface area contributed by atoms with Crippen LogP contribution in [0.15, 0.2) is 24.3 Å². The fraction of sp³-hybridized carbons (Fsp3) is 0.750. The van der Waals surface area contributed by atoms with E-state index in [1.165, 1.54) is 0 Å². The van der Waals surface area contributed by atoms with Crippen molar-refractivity contribution in [3.8, 4) is 6.07 Å². The molecule has 10 atom stereocenters. The van der Waals surface area contributed by atoms with Gasteiger partial charge in [-0.3, -0.25) is 14.4 Å². The monoisotopic (exact) mass is 728 g/mol. The van der Waals surface area contributed by atoms with Gasteiger partial charge in [0.25, 0.3) is 0 Å². The molecule has 0 aliphatic carbocycles. The smallest absolute Gasteiger partial charge is 0.228 e. The van der Waals surface area contributed by atoms with E-state index in [1.54, 1.807) is 37.1 Å². The molecule has 294 valence electrons. The van der Waals surface area contributed by atoms with Gasteiger partial charge >= 0.3 is 0 Å². The molecule has 0 radical (unpaired) electrons. The third kappa shape index (κ3) is 11.1. The summed E-state index contributed by atoms with van der Waals surface area (Å²) in [6.07, 6.45) is 1.89. The number of ether oxygens (including phenoxy) is 2. The lowest BCUT2D eigenvalue weighted by molar-refractivity contribution is -0.150. The molecule has 1 aliphatic heterocycles. The standard InChI is InChI=1S/C40H69N7O5/c1-13-26(4)37(46(10)40(50)35(25(2)3)36(43)28(6)44(7)8)33(51-11)24-34(48)47-21-15-18-32(47)38(52-12)27(5)39(49)45(9)31(19-20-41)23-29-16-14-17-30(42)22-29/h14,16-17,22,25-28,31-33,35-38H,13,15,18-19,21,23-24,42-43H2,1-12H3/t26-,27+,28+,31+,32-,33+,35-,36?,37-,38+/m0/s1. The number of hydrogen-bond acceptors (Lipinski definition) is 9. The minimum atomic E-state index is -0.577. The van der Waals surface area contributed by atoms with Crippen molar-refractivity contribution >= 4 is 23.4 Å². The van der Waals surface area contributed by atoms with E-state index in [0.29, 0.717) is 25.1 Å². The summed E-state index contributed by atoms with van der Waals surface area (Å²) in [5.41, 5.74) is 14.3. The van der Waals surface area contributed by atoms with Crippen molar-refractivity contribution in [3.63, 3.8) is 0 Å². The third-order valence-corrected chi connectivity index (χ3v) is 11.7. The van der Waals surface area contributed by atoms with Crippen LogP contribution in [0.1, 0.15) is 79.2 Å². The number of nitrogens with two attached hydrogens (primary N) is 2. The number of likely N-dealkylation sites (tertiary alicyclic amines) is 1. The minimum absolute atomic E-state index is 0.0121. The largest absolute Gasteiger partial charge is 0.399 e. The zero-order valence-electron chi connectivity index (χ0n) is 34.0. The molecule has 1 fully saturated rings. The van der Waals surface area contributed by atoms with E-state index in [4.69, 9.17) is 20.9 Å². The van der Waals surface area contributed by atoms with Gasteiger partial charge in [0.2, 0.25) is 17.7 Å². The first-order valence-electron chi connectivity index (χ1n) is 19.0. The molecule has 12 heteroatoms. The van der Waals surface area contributed by atoms with Gasteiger partial charge in [-0.1, -0.05) is 53.2 Å². The average Bonchev–Trinajstić information content (AvgIpc) is 3.59. The minimum Gasteiger partial charge on any atom is -0.399 e. The highest BCUT2D eigenvalue weighted by atomic mass is 16.5. The maximum atomic E-state index is 14.3. The van der Waals surface area contributed by atoms with Crippen molar-refractivity contribution in [2.75, 3.05) is 54.7 Å². The van der Waals surface area contributed by atoms with Crippen molar-refractivity contribution in [2.45, 2.75) is 122 Å². The molecule has 0 saturated carbocycles. The third-order valence-electron chi connectivity index (χ3n) is 11.7. The summed E-state index contributed by atoms with van der Waals surface area (Å²) in [6, 6.07) is 8.29. The molecule has 52 heavy (non-hydrogen) atoms. The summed E-state index contributed by atoms with van der Waals surface area (Å²) < 4.78 is 12.1. The van der Waals surface area contributed by atoms with E-state index in [9.17, 15) is 19.6 Å². The molecular formula is C40H69N7O5. The van der Waals surface area contributed by atoms with Gasteiger partial charge in [0.15, 0.2) is 0 Å². The van der Waals surface area contributed by atoms with Gasteiger partial charge < -0.3 is 40.5 Å². The molecule has 1 heterocycles. The van der Waals surface area contributed by atoms with Crippen LogP contribution in [0.2, 0.25) is 0 Å². The van der Waals surface area contributed by atoms with Crippen molar-refractivity contribution < 1.29 is 23.9 Å². The summed E-state index contributed by atoms with van der Waals surface area (Å²) in [5, 5.41) is 9.60. The highest BCUT2D eigenvalue weighted by Crippen LogP contribution is 2.31. The summed E-state index contributed by atoms with van der Waals surface area (Å²) in [5.74, 6) is -1.22. The van der Waals surface area contributed by atoms with E-state index in [-0.39, 0.29) is 72.6 Å². The normalized spacial score (nSPS) is 20.0. The lowest BCUT2D eigenvalue weighted by Gasteiger charge is -2.42. The number of nitriles is 1. The number of amides is 3. The Labute approximate surface area is 314 Å². The Hall–Kier alpha value is -3.24. The molecule has 1 aromatic carbocycles. The summed E-state index contributed by atoms with van der Waals surface area (Å²) in [6.45, 7) is 12.6. The Balaban J connectivity index is 2.31. The van der Waals surface area contributed by atoms with E-state index < -0.39 is 24.0 Å². The van der Waals surface area contributed by atoms with Crippen molar-refractivity contribution in [1.82, 2.24) is 19.6 Å². The molecule has 0 spiro atoms. The number of nitrogens with zero attached hydrogens (tertiary/aromatic N) is 5. The van der Waals surface area contributed by atoms with Crippen LogP contribution in [0.25, 0.3) is 0 Å². The number of nitrogen functional groups attached to an aromatic ring is 1. The van der Waals surface area contributed by atoms with Crippen LogP contribution in [0, 0.1) is 35.0 Å². The second-order valence-corrected chi connectivity index (χ2v) is 15.6. The number of anilines is 1. The fourth-order valence-corrected chi connectivity index (χ4v) is 8.02. The van der Waals surface area contributed by atoms with Crippen LogP contribution < -0.4 is 11.5 Å². The molecule has 12 nitrogen and oxygen atoms in total. The molecule has 3 amide bonds. The van der Waals surface area contributed by atoms with Gasteiger partial charge in [-0.25, -0.2) is 0 Å². The highest BCUT2D eigenvalue weighted by molar-refractivity contribution is 5.82. The Morgan fingerprint density at radius 2 is 1.67 bits per heavy atom. The summed E-state index contributed by atoms with van der Waals surface area (Å²) in [7, 11) is 10.7. The number of carbonyl (C=O) groups excluding carboxylic acids is 3. The number of likely N-dealkylation sites (N-methyl/N-ethyl adjacent to an activating group) is 3. The first-order chi connectivity index (χ1) is 24.5. The van der Waals surface area contributed by atoms with Crippen LogP contribution in [0.4, 0.5) is 5.69 Å². The predicted molar refractivity (Wildman–Crippen MR) is 207 cm³/mol. The number of benzene rings is 1. The lowest BCUT2D eigenvalue weighted by Crippen LogP contribution is -2.58. The molecule has 1 saturated heterocycles. The zero-order valence-corrected chi connectivity index (χ0v) is 34.0. The van der Waals surface area contributed by atoms with Crippen molar-refractivity contribution in [1.29, 1.82) is 5.26 Å². The van der Waals surface area contributed by atoms with Gasteiger partial charge in [-0.05, 0) is 69.8 Å². The Morgan fingerprint density at radius 3 is 2.19 bits per heavy atom. The van der Waals surface area contributed by atoms with E-state index >= 15 is 0 Å². The zero-order chi connectivity index (χ0) is 39.4. The maximum Gasteiger partial charge on any atom is 0.228 e. The molecule has 1 unspecified atom stereocenters. The molecule has 2 rings (SSSR count). The lowest BCUT2D eigenvalue weighted by atomic mass is 9.82. The SMILES string of the molecule is CC[C@H](C)[C@@H]([C@@H](CC(=O)N1CCC[C@H]1[C@H](OC)[C@@H](C)C(=O)N(C)[C@H](CC#N)Cc1cccc(N)c1)OC)N(C)C(=O)[C@@H](C(C)C)C(N)[C@@H](C)N(C)C. The van der Waals surface area contributed by atoms with Crippen LogP contribution >= 0.6 is 0 Å². The number of methoxy groups -OCH3 is 2. The molecule has 0 bridgehead atoms. The first-order valence-corrected chi connectivity index (χ1v) is 19.0. The van der Waals surface area contributed by atoms with Gasteiger partial charge in [-0.15, -0.1) is 0 Å². The van der Waals surface area contributed by atoms with Gasteiger partial charge in [0.1, 0.15) is 0 Å². The average molecular weight is 728 g/mol. The predicted octanol–water partition coefficient (Wildman–Crippen LogP) is 4.02. The van der Waals surface area contributed by atoms with Crippen molar-refractivity contribution in [3.05, 3.63) is 29.8 Å². The van der Waals surface area contributed by atoms with E-state index in [0.717, 1.165) is 18.4 Å².